The van der Waals surface area contributed by atoms with Gasteiger partial charge in [-0.2, -0.15) is 5.10 Å². The number of anilines is 1. The van der Waals surface area contributed by atoms with Gasteiger partial charge in [-0.15, -0.1) is 0 Å². The molecule has 144 valence electrons. The lowest BCUT2D eigenvalue weighted by Crippen LogP contribution is -2.15. The molecule has 0 spiro atoms. The minimum absolute atomic E-state index is 0.129. The summed E-state index contributed by atoms with van der Waals surface area (Å²) < 4.78 is 34.5. The highest BCUT2D eigenvalue weighted by molar-refractivity contribution is 7.90. The van der Waals surface area contributed by atoms with Crippen molar-refractivity contribution in [2.24, 2.45) is 0 Å². The Labute approximate surface area is 161 Å². The third kappa shape index (κ3) is 3.56. The Kier molecular flexibility index (Phi) is 4.52. The van der Waals surface area contributed by atoms with Gasteiger partial charge in [0, 0.05) is 17.5 Å². The topological polar surface area (TPSA) is 110 Å². The van der Waals surface area contributed by atoms with Gasteiger partial charge in [0.2, 0.25) is 0 Å². The molecule has 8 nitrogen and oxygen atoms in total. The van der Waals surface area contributed by atoms with E-state index in [2.05, 4.69) is 15.5 Å². The van der Waals surface area contributed by atoms with E-state index in [-0.39, 0.29) is 4.90 Å². The second kappa shape index (κ2) is 7.01. The number of rotatable bonds is 4. The monoisotopic (exact) mass is 399 g/mol. The van der Waals surface area contributed by atoms with Crippen molar-refractivity contribution in [3.05, 3.63) is 54.2 Å². The SMILES string of the molecule is CS(=O)(=O)c1cccc(NC(=O)c2cn[nH]c2-c2ccc3c(c2)OCCO3)c1. The van der Waals surface area contributed by atoms with Crippen LogP contribution in [0, 0.1) is 0 Å². The summed E-state index contributed by atoms with van der Waals surface area (Å²) >= 11 is 0. The van der Waals surface area contributed by atoms with Gasteiger partial charge >= 0.3 is 0 Å². The molecule has 4 rings (SSSR count). The van der Waals surface area contributed by atoms with Crippen molar-refractivity contribution in [3.63, 3.8) is 0 Å². The van der Waals surface area contributed by atoms with Crippen LogP contribution in [0.5, 0.6) is 11.5 Å². The first-order chi connectivity index (χ1) is 13.4. The summed E-state index contributed by atoms with van der Waals surface area (Å²) in [6.45, 7) is 0.958. The molecule has 0 bridgehead atoms. The number of carbonyl (C=O) groups excluding carboxylic acids is 1. The van der Waals surface area contributed by atoms with E-state index in [1.165, 1.54) is 18.3 Å². The predicted octanol–water partition coefficient (Wildman–Crippen LogP) is 2.50. The fourth-order valence-electron chi connectivity index (χ4n) is 2.88. The zero-order chi connectivity index (χ0) is 19.7. The van der Waals surface area contributed by atoms with Crippen molar-refractivity contribution in [2.75, 3.05) is 24.8 Å². The summed E-state index contributed by atoms with van der Waals surface area (Å²) in [5.41, 5.74) is 1.94. The van der Waals surface area contributed by atoms with Crippen LogP contribution in [0.3, 0.4) is 0 Å². The van der Waals surface area contributed by atoms with Crippen LogP contribution in [-0.2, 0) is 9.84 Å². The van der Waals surface area contributed by atoms with Crippen molar-refractivity contribution in [3.8, 4) is 22.8 Å². The quantitative estimate of drug-likeness (QED) is 0.697. The van der Waals surface area contributed by atoms with Crippen LogP contribution in [-0.4, -0.2) is 44.0 Å². The Morgan fingerprint density at radius 1 is 1.11 bits per heavy atom. The molecule has 0 unspecified atom stereocenters. The van der Waals surface area contributed by atoms with Crippen LogP contribution >= 0.6 is 0 Å². The Morgan fingerprint density at radius 2 is 1.89 bits per heavy atom. The molecule has 2 N–H and O–H groups in total. The average Bonchev–Trinajstić information content (AvgIpc) is 3.17. The lowest BCUT2D eigenvalue weighted by Gasteiger charge is -2.18. The molecule has 2 aromatic carbocycles. The molecule has 9 heteroatoms. The lowest BCUT2D eigenvalue weighted by molar-refractivity contribution is 0.102. The summed E-state index contributed by atoms with van der Waals surface area (Å²) in [6, 6.07) is 11.5. The zero-order valence-corrected chi connectivity index (χ0v) is 15.7. The largest absolute Gasteiger partial charge is 0.486 e. The summed E-state index contributed by atoms with van der Waals surface area (Å²) in [5.74, 6) is 0.841. The molecule has 2 heterocycles. The van der Waals surface area contributed by atoms with E-state index in [4.69, 9.17) is 9.47 Å². The van der Waals surface area contributed by atoms with Gasteiger partial charge in [0.1, 0.15) is 13.2 Å². The van der Waals surface area contributed by atoms with Gasteiger partial charge in [0.05, 0.1) is 22.3 Å². The number of sulfone groups is 1. The first-order valence-corrected chi connectivity index (χ1v) is 10.4. The normalized spacial score (nSPS) is 13.2. The van der Waals surface area contributed by atoms with E-state index in [1.807, 2.05) is 6.07 Å². The van der Waals surface area contributed by atoms with Crippen molar-refractivity contribution >= 4 is 21.4 Å². The Morgan fingerprint density at radius 3 is 2.68 bits per heavy atom. The fourth-order valence-corrected chi connectivity index (χ4v) is 3.55. The highest BCUT2D eigenvalue weighted by Crippen LogP contribution is 2.35. The maximum Gasteiger partial charge on any atom is 0.259 e. The number of amides is 1. The van der Waals surface area contributed by atoms with Crippen LogP contribution in [0.2, 0.25) is 0 Å². The molecule has 1 amide bonds. The average molecular weight is 399 g/mol. The molecular formula is C19H17N3O5S. The Hall–Kier alpha value is -3.33. The van der Waals surface area contributed by atoms with Gasteiger partial charge < -0.3 is 14.8 Å². The molecule has 1 aliphatic heterocycles. The Balaban J connectivity index is 1.62. The number of benzene rings is 2. The van der Waals surface area contributed by atoms with E-state index in [0.717, 1.165) is 11.8 Å². The fraction of sp³-hybridized carbons (Fsp3) is 0.158. The minimum Gasteiger partial charge on any atom is -0.486 e. The van der Waals surface area contributed by atoms with E-state index < -0.39 is 15.7 Å². The van der Waals surface area contributed by atoms with Crippen LogP contribution in [0.1, 0.15) is 10.4 Å². The van der Waals surface area contributed by atoms with E-state index >= 15 is 0 Å². The van der Waals surface area contributed by atoms with Crippen molar-refractivity contribution in [1.29, 1.82) is 0 Å². The van der Waals surface area contributed by atoms with Gasteiger partial charge in [0.15, 0.2) is 21.3 Å². The molecule has 28 heavy (non-hydrogen) atoms. The number of nitrogens with zero attached hydrogens (tertiary/aromatic N) is 1. The number of H-pyrrole nitrogens is 1. The lowest BCUT2D eigenvalue weighted by atomic mass is 10.1. The maximum absolute atomic E-state index is 12.7. The highest BCUT2D eigenvalue weighted by Gasteiger charge is 2.19. The molecule has 0 saturated heterocycles. The summed E-state index contributed by atoms with van der Waals surface area (Å²) in [5, 5.41) is 9.51. The molecule has 1 aromatic heterocycles. The van der Waals surface area contributed by atoms with Crippen molar-refractivity contribution in [1.82, 2.24) is 10.2 Å². The molecule has 0 saturated carbocycles. The Bertz CT molecular complexity index is 1150. The number of aromatic nitrogens is 2. The summed E-state index contributed by atoms with van der Waals surface area (Å²) in [6.07, 6.45) is 2.53. The number of hydrogen-bond donors (Lipinski definition) is 2. The molecule has 0 fully saturated rings. The number of nitrogens with one attached hydrogen (secondary N) is 2. The van der Waals surface area contributed by atoms with Crippen molar-refractivity contribution < 1.29 is 22.7 Å². The number of hydrogen-bond acceptors (Lipinski definition) is 6. The second-order valence-corrected chi connectivity index (χ2v) is 8.29. The number of fused-ring (bicyclic) bond motifs is 1. The maximum atomic E-state index is 12.7. The molecule has 0 radical (unpaired) electrons. The first-order valence-electron chi connectivity index (χ1n) is 8.47. The summed E-state index contributed by atoms with van der Waals surface area (Å²) in [4.78, 5) is 12.9. The number of aromatic amines is 1. The third-order valence-electron chi connectivity index (χ3n) is 4.23. The molecular weight excluding hydrogens is 382 g/mol. The van der Waals surface area contributed by atoms with Gasteiger partial charge in [-0.25, -0.2) is 8.42 Å². The van der Waals surface area contributed by atoms with Crippen molar-refractivity contribution in [2.45, 2.75) is 4.90 Å². The van der Waals surface area contributed by atoms with E-state index in [0.29, 0.717) is 41.7 Å². The molecule has 3 aromatic rings. The standard InChI is InChI=1S/C19H17N3O5S/c1-28(24,25)14-4-2-3-13(10-14)21-19(23)15-11-20-22-18(15)12-5-6-16-17(9-12)27-8-7-26-16/h2-6,9-11H,7-8H2,1H3,(H,20,22)(H,21,23). The molecule has 0 atom stereocenters. The van der Waals surface area contributed by atoms with Crippen LogP contribution in [0.15, 0.2) is 53.6 Å². The molecule has 0 aliphatic carbocycles. The van der Waals surface area contributed by atoms with E-state index in [9.17, 15) is 13.2 Å². The number of ether oxygens (including phenoxy) is 2. The number of carbonyl (C=O) groups is 1. The van der Waals surface area contributed by atoms with Gasteiger partial charge in [0.25, 0.3) is 5.91 Å². The second-order valence-electron chi connectivity index (χ2n) is 6.27. The predicted molar refractivity (Wildman–Crippen MR) is 103 cm³/mol. The van der Waals surface area contributed by atoms with Gasteiger partial charge in [-0.1, -0.05) is 6.07 Å². The first kappa shape index (κ1) is 18.1. The van der Waals surface area contributed by atoms with Crippen LogP contribution in [0.25, 0.3) is 11.3 Å². The minimum atomic E-state index is -3.37. The van der Waals surface area contributed by atoms with E-state index in [1.54, 1.807) is 24.3 Å². The van der Waals surface area contributed by atoms with Gasteiger partial charge in [-0.05, 0) is 36.4 Å². The van der Waals surface area contributed by atoms with Gasteiger partial charge in [-0.3, -0.25) is 9.89 Å². The summed E-state index contributed by atoms with van der Waals surface area (Å²) in [7, 11) is -3.37. The highest BCUT2D eigenvalue weighted by atomic mass is 32.2. The molecule has 1 aliphatic rings. The van der Waals surface area contributed by atoms with Crippen LogP contribution < -0.4 is 14.8 Å². The zero-order valence-electron chi connectivity index (χ0n) is 14.9. The van der Waals surface area contributed by atoms with Crippen LogP contribution in [0.4, 0.5) is 5.69 Å². The third-order valence-corrected chi connectivity index (χ3v) is 5.35. The smallest absolute Gasteiger partial charge is 0.259 e.